The quantitative estimate of drug-likeness (QED) is 0.607. The maximum Gasteiger partial charge on any atom is 0.306 e. The smallest absolute Gasteiger partial charge is 0.306 e. The summed E-state index contributed by atoms with van der Waals surface area (Å²) < 4.78 is 10.2. The van der Waals surface area contributed by atoms with Gasteiger partial charge in [-0.3, -0.25) is 14.4 Å². The van der Waals surface area contributed by atoms with Crippen LogP contribution >= 0.6 is 0 Å². The predicted molar refractivity (Wildman–Crippen MR) is 107 cm³/mol. The molecule has 0 aromatic carbocycles. The van der Waals surface area contributed by atoms with Crippen LogP contribution in [0, 0.1) is 5.92 Å². The summed E-state index contributed by atoms with van der Waals surface area (Å²) in [7, 11) is 0. The minimum absolute atomic E-state index is 0.0475. The molecule has 3 fully saturated rings. The van der Waals surface area contributed by atoms with Crippen molar-refractivity contribution >= 4 is 17.8 Å². The molecule has 29 heavy (non-hydrogen) atoms. The first kappa shape index (κ1) is 22.0. The Kier molecular flexibility index (Phi) is 8.29. The van der Waals surface area contributed by atoms with Crippen LogP contribution in [0.25, 0.3) is 0 Å². The van der Waals surface area contributed by atoms with E-state index in [0.717, 1.165) is 65.0 Å². The van der Waals surface area contributed by atoms with Crippen molar-refractivity contribution in [1.82, 2.24) is 14.7 Å². The number of hydrogen-bond acceptors (Lipinski definition) is 6. The summed E-state index contributed by atoms with van der Waals surface area (Å²) in [6.07, 6.45) is 4.18. The van der Waals surface area contributed by atoms with Gasteiger partial charge in [0.05, 0.1) is 26.2 Å². The molecule has 0 unspecified atom stereocenters. The summed E-state index contributed by atoms with van der Waals surface area (Å²) in [4.78, 5) is 42.8. The summed E-state index contributed by atoms with van der Waals surface area (Å²) in [5.74, 6) is 0.195. The Morgan fingerprint density at radius 3 is 2.14 bits per heavy atom. The summed E-state index contributed by atoms with van der Waals surface area (Å²) in [6, 6.07) is 0.489. The Morgan fingerprint density at radius 1 is 0.862 bits per heavy atom. The molecule has 3 rings (SSSR count). The molecule has 0 aromatic heterocycles. The fraction of sp³-hybridized carbons (Fsp3) is 0.857. The number of rotatable bonds is 6. The maximum absolute atomic E-state index is 12.7. The van der Waals surface area contributed by atoms with Crippen molar-refractivity contribution in [2.75, 3.05) is 59.1 Å². The van der Waals surface area contributed by atoms with E-state index < -0.39 is 0 Å². The SMILES string of the molecule is CCOC(=O)CCC(=O)N1CCC(N2CCC(C(=O)N3CCOCC3)CC2)CC1. The lowest BCUT2D eigenvalue weighted by atomic mass is 9.92. The zero-order valence-electron chi connectivity index (χ0n) is 17.6. The number of piperidine rings is 2. The zero-order chi connectivity index (χ0) is 20.6. The molecule has 2 amide bonds. The Hall–Kier alpha value is -1.67. The number of nitrogens with zero attached hydrogens (tertiary/aromatic N) is 3. The minimum Gasteiger partial charge on any atom is -0.466 e. The van der Waals surface area contributed by atoms with Crippen LogP contribution in [0.1, 0.15) is 45.4 Å². The molecular formula is C21H35N3O5. The third-order valence-electron chi connectivity index (χ3n) is 6.38. The average molecular weight is 410 g/mol. The van der Waals surface area contributed by atoms with E-state index in [1.807, 2.05) is 9.80 Å². The molecule has 3 saturated heterocycles. The lowest BCUT2D eigenvalue weighted by molar-refractivity contribution is -0.146. The van der Waals surface area contributed by atoms with E-state index in [0.29, 0.717) is 31.8 Å². The van der Waals surface area contributed by atoms with Crippen molar-refractivity contribution in [2.24, 2.45) is 5.92 Å². The highest BCUT2D eigenvalue weighted by Crippen LogP contribution is 2.25. The monoisotopic (exact) mass is 409 g/mol. The highest BCUT2D eigenvalue weighted by atomic mass is 16.5. The number of carbonyl (C=O) groups excluding carboxylic acids is 3. The van der Waals surface area contributed by atoms with Crippen molar-refractivity contribution in [3.63, 3.8) is 0 Å². The first-order valence-corrected chi connectivity index (χ1v) is 11.1. The van der Waals surface area contributed by atoms with Crippen molar-refractivity contribution in [1.29, 1.82) is 0 Å². The van der Waals surface area contributed by atoms with Crippen LogP contribution in [0.5, 0.6) is 0 Å². The van der Waals surface area contributed by atoms with Gasteiger partial charge in [-0.2, -0.15) is 0 Å². The number of morpholine rings is 1. The fourth-order valence-corrected chi connectivity index (χ4v) is 4.63. The molecule has 0 atom stereocenters. The standard InChI is InChI=1S/C21H35N3O5/c1-2-29-20(26)4-3-19(25)23-11-7-18(8-12-23)22-9-5-17(6-10-22)21(27)24-13-15-28-16-14-24/h17-18H,2-16H2,1H3. The maximum atomic E-state index is 12.7. The molecule has 0 spiro atoms. The normalized spacial score (nSPS) is 22.5. The third kappa shape index (κ3) is 6.15. The van der Waals surface area contributed by atoms with E-state index in [1.165, 1.54) is 0 Å². The molecular weight excluding hydrogens is 374 g/mol. The van der Waals surface area contributed by atoms with Gasteiger partial charge in [-0.05, 0) is 45.7 Å². The van der Waals surface area contributed by atoms with Crippen LogP contribution in [0.3, 0.4) is 0 Å². The van der Waals surface area contributed by atoms with Gasteiger partial charge in [-0.25, -0.2) is 0 Å². The third-order valence-corrected chi connectivity index (χ3v) is 6.38. The number of likely N-dealkylation sites (tertiary alicyclic amines) is 2. The van der Waals surface area contributed by atoms with E-state index in [1.54, 1.807) is 6.92 Å². The van der Waals surface area contributed by atoms with Gasteiger partial charge in [0, 0.05) is 44.6 Å². The van der Waals surface area contributed by atoms with Gasteiger partial charge in [0.15, 0.2) is 0 Å². The Morgan fingerprint density at radius 2 is 1.52 bits per heavy atom. The molecule has 8 heteroatoms. The first-order chi connectivity index (χ1) is 14.1. The van der Waals surface area contributed by atoms with Crippen molar-refractivity contribution in [3.8, 4) is 0 Å². The molecule has 3 aliphatic heterocycles. The van der Waals surface area contributed by atoms with Gasteiger partial charge in [0.1, 0.15) is 0 Å². The van der Waals surface area contributed by atoms with Crippen molar-refractivity contribution in [2.45, 2.75) is 51.5 Å². The van der Waals surface area contributed by atoms with Gasteiger partial charge in [-0.1, -0.05) is 0 Å². The largest absolute Gasteiger partial charge is 0.466 e. The molecule has 0 radical (unpaired) electrons. The molecule has 0 aromatic rings. The number of ether oxygens (including phenoxy) is 2. The second-order valence-corrected chi connectivity index (χ2v) is 8.16. The average Bonchev–Trinajstić information content (AvgIpc) is 2.78. The molecule has 0 saturated carbocycles. The van der Waals surface area contributed by atoms with Gasteiger partial charge in [0.25, 0.3) is 0 Å². The van der Waals surface area contributed by atoms with E-state index >= 15 is 0 Å². The lowest BCUT2D eigenvalue weighted by Gasteiger charge is -2.42. The Bertz CT molecular complexity index is 563. The van der Waals surface area contributed by atoms with Crippen molar-refractivity contribution < 1.29 is 23.9 Å². The Balaban J connectivity index is 1.36. The lowest BCUT2D eigenvalue weighted by Crippen LogP contribution is -2.51. The molecule has 8 nitrogen and oxygen atoms in total. The molecule has 3 heterocycles. The molecule has 0 N–H and O–H groups in total. The van der Waals surface area contributed by atoms with Crippen molar-refractivity contribution in [3.05, 3.63) is 0 Å². The second kappa shape index (κ2) is 10.9. The summed E-state index contributed by atoms with van der Waals surface area (Å²) in [5.41, 5.74) is 0. The van der Waals surface area contributed by atoms with E-state index in [4.69, 9.17) is 9.47 Å². The number of esters is 1. The van der Waals surface area contributed by atoms with Crippen LogP contribution in [-0.2, 0) is 23.9 Å². The van der Waals surface area contributed by atoms with Gasteiger partial charge in [0.2, 0.25) is 11.8 Å². The van der Waals surface area contributed by atoms with Gasteiger partial charge in [-0.15, -0.1) is 0 Å². The fourth-order valence-electron chi connectivity index (χ4n) is 4.63. The number of hydrogen-bond donors (Lipinski definition) is 0. The molecule has 0 bridgehead atoms. The highest BCUT2D eigenvalue weighted by molar-refractivity contribution is 5.81. The first-order valence-electron chi connectivity index (χ1n) is 11.1. The zero-order valence-corrected chi connectivity index (χ0v) is 17.6. The summed E-state index contributed by atoms with van der Waals surface area (Å²) in [6.45, 7) is 8.30. The van der Waals surface area contributed by atoms with Crippen LogP contribution in [0.15, 0.2) is 0 Å². The predicted octanol–water partition coefficient (Wildman–Crippen LogP) is 0.892. The Labute approximate surface area is 173 Å². The van der Waals surface area contributed by atoms with Crippen LogP contribution < -0.4 is 0 Å². The summed E-state index contributed by atoms with van der Waals surface area (Å²) in [5, 5.41) is 0. The summed E-state index contributed by atoms with van der Waals surface area (Å²) >= 11 is 0. The molecule has 0 aliphatic carbocycles. The van der Waals surface area contributed by atoms with E-state index in [9.17, 15) is 14.4 Å². The highest BCUT2D eigenvalue weighted by Gasteiger charge is 2.33. The molecule has 3 aliphatic rings. The van der Waals surface area contributed by atoms with E-state index in [-0.39, 0.29) is 30.6 Å². The van der Waals surface area contributed by atoms with Crippen LogP contribution in [-0.4, -0.2) is 97.6 Å². The second-order valence-electron chi connectivity index (χ2n) is 8.16. The molecule has 164 valence electrons. The van der Waals surface area contributed by atoms with Gasteiger partial charge >= 0.3 is 5.97 Å². The number of amides is 2. The van der Waals surface area contributed by atoms with Crippen LogP contribution in [0.2, 0.25) is 0 Å². The van der Waals surface area contributed by atoms with Gasteiger partial charge < -0.3 is 24.2 Å². The minimum atomic E-state index is -0.301. The number of carbonyl (C=O) groups is 3. The topological polar surface area (TPSA) is 79.4 Å². The van der Waals surface area contributed by atoms with Crippen LogP contribution in [0.4, 0.5) is 0 Å². The van der Waals surface area contributed by atoms with E-state index in [2.05, 4.69) is 4.90 Å².